The van der Waals surface area contributed by atoms with Crippen LogP contribution in [0.2, 0.25) is 0 Å². The Kier molecular flexibility index (Phi) is 4.80. The summed E-state index contributed by atoms with van der Waals surface area (Å²) in [5.41, 5.74) is 8.57. The minimum atomic E-state index is -0.0531. The summed E-state index contributed by atoms with van der Waals surface area (Å²) in [5.74, 6) is 0.458. The molecule has 0 saturated heterocycles. The second-order valence-electron chi connectivity index (χ2n) is 6.18. The van der Waals surface area contributed by atoms with E-state index >= 15 is 0 Å². The quantitative estimate of drug-likeness (QED) is 0.740. The lowest BCUT2D eigenvalue weighted by molar-refractivity contribution is -0.125. The molecule has 0 unspecified atom stereocenters. The predicted octanol–water partition coefficient (Wildman–Crippen LogP) is 3.80. The van der Waals surface area contributed by atoms with Gasteiger partial charge in [0.15, 0.2) is 0 Å². The van der Waals surface area contributed by atoms with Crippen molar-refractivity contribution in [1.82, 2.24) is 9.88 Å². The van der Waals surface area contributed by atoms with Gasteiger partial charge in [-0.25, -0.2) is 4.98 Å². The lowest BCUT2D eigenvalue weighted by atomic mass is 10.1. The number of hydrogen-bond donors (Lipinski definition) is 1. The molecule has 0 radical (unpaired) electrons. The summed E-state index contributed by atoms with van der Waals surface area (Å²) in [4.78, 5) is 18.1. The third-order valence-corrected chi connectivity index (χ3v) is 4.17. The number of likely N-dealkylation sites (N-methyl/N-ethyl adjacent to an activating group) is 1. The van der Waals surface area contributed by atoms with Crippen LogP contribution in [0, 0.1) is 6.92 Å². The van der Waals surface area contributed by atoms with Gasteiger partial charge in [0.05, 0.1) is 0 Å². The van der Waals surface area contributed by atoms with Gasteiger partial charge in [0.1, 0.15) is 5.82 Å². The fourth-order valence-corrected chi connectivity index (χ4v) is 2.68. The molecule has 25 heavy (non-hydrogen) atoms. The molecule has 1 heterocycles. The zero-order chi connectivity index (χ0) is 17.8. The molecule has 0 saturated carbocycles. The number of hydrogen-bond acceptors (Lipinski definition) is 3. The van der Waals surface area contributed by atoms with Crippen molar-refractivity contribution in [2.75, 3.05) is 12.8 Å². The number of rotatable bonds is 4. The smallest absolute Gasteiger partial charge is 0.246 e. The first-order valence-corrected chi connectivity index (χ1v) is 8.16. The fraction of sp³-hybridized carbons (Fsp3) is 0.143. The molecule has 126 valence electrons. The van der Waals surface area contributed by atoms with E-state index in [2.05, 4.69) is 35.3 Å². The van der Waals surface area contributed by atoms with Gasteiger partial charge in [0, 0.05) is 25.9 Å². The SMILES string of the molecule is Cc1cc(/C=C/C(=O)N(C)Cc2ccc3ccccc3c2)cnc1N. The van der Waals surface area contributed by atoms with Crippen LogP contribution in [0.5, 0.6) is 0 Å². The monoisotopic (exact) mass is 331 g/mol. The van der Waals surface area contributed by atoms with Gasteiger partial charge in [-0.15, -0.1) is 0 Å². The summed E-state index contributed by atoms with van der Waals surface area (Å²) < 4.78 is 0. The standard InChI is InChI=1S/C21H21N3O/c1-15-11-16(13-23-21(15)22)8-10-20(25)24(2)14-17-7-9-18-5-3-4-6-19(18)12-17/h3-13H,14H2,1-2H3,(H2,22,23)/b10-8+. The molecule has 0 aliphatic carbocycles. The van der Waals surface area contributed by atoms with Gasteiger partial charge >= 0.3 is 0 Å². The molecule has 4 heteroatoms. The normalized spacial score (nSPS) is 11.1. The van der Waals surface area contributed by atoms with E-state index in [9.17, 15) is 4.79 Å². The number of anilines is 1. The van der Waals surface area contributed by atoms with Crippen LogP contribution in [-0.2, 0) is 11.3 Å². The van der Waals surface area contributed by atoms with Crippen LogP contribution in [0.4, 0.5) is 5.82 Å². The van der Waals surface area contributed by atoms with Gasteiger partial charge in [0.25, 0.3) is 0 Å². The molecule has 2 N–H and O–H groups in total. The largest absolute Gasteiger partial charge is 0.383 e. The maximum Gasteiger partial charge on any atom is 0.246 e. The summed E-state index contributed by atoms with van der Waals surface area (Å²) >= 11 is 0. The Morgan fingerprint density at radius 2 is 1.92 bits per heavy atom. The summed E-state index contributed by atoms with van der Waals surface area (Å²) in [7, 11) is 1.80. The highest BCUT2D eigenvalue weighted by Gasteiger charge is 2.06. The van der Waals surface area contributed by atoms with E-state index in [0.29, 0.717) is 12.4 Å². The van der Waals surface area contributed by atoms with Gasteiger partial charge in [-0.05, 0) is 52.6 Å². The van der Waals surface area contributed by atoms with Crippen molar-refractivity contribution in [1.29, 1.82) is 0 Å². The third kappa shape index (κ3) is 4.04. The highest BCUT2D eigenvalue weighted by molar-refractivity contribution is 5.91. The van der Waals surface area contributed by atoms with Crippen molar-refractivity contribution < 1.29 is 4.79 Å². The highest BCUT2D eigenvalue weighted by Crippen LogP contribution is 2.17. The zero-order valence-corrected chi connectivity index (χ0v) is 14.4. The number of carbonyl (C=O) groups is 1. The van der Waals surface area contributed by atoms with Gasteiger partial charge in [0.2, 0.25) is 5.91 Å². The molecule has 4 nitrogen and oxygen atoms in total. The maximum atomic E-state index is 12.3. The van der Waals surface area contributed by atoms with Crippen molar-refractivity contribution in [2.24, 2.45) is 0 Å². The van der Waals surface area contributed by atoms with Crippen LogP contribution in [0.3, 0.4) is 0 Å². The van der Waals surface area contributed by atoms with Crippen molar-refractivity contribution >= 4 is 28.6 Å². The molecule has 0 spiro atoms. The maximum absolute atomic E-state index is 12.3. The van der Waals surface area contributed by atoms with E-state index in [1.807, 2.05) is 25.1 Å². The topological polar surface area (TPSA) is 59.2 Å². The minimum Gasteiger partial charge on any atom is -0.383 e. The second-order valence-corrected chi connectivity index (χ2v) is 6.18. The average Bonchev–Trinajstić information content (AvgIpc) is 2.62. The number of aromatic nitrogens is 1. The summed E-state index contributed by atoms with van der Waals surface area (Å²) in [6, 6.07) is 16.4. The Morgan fingerprint density at radius 1 is 1.16 bits per heavy atom. The lowest BCUT2D eigenvalue weighted by Crippen LogP contribution is -2.24. The molecular weight excluding hydrogens is 310 g/mol. The highest BCUT2D eigenvalue weighted by atomic mass is 16.2. The molecule has 0 atom stereocenters. The van der Waals surface area contributed by atoms with Crippen LogP contribution in [0.1, 0.15) is 16.7 Å². The van der Waals surface area contributed by atoms with Crippen molar-refractivity contribution in [3.8, 4) is 0 Å². The van der Waals surface area contributed by atoms with E-state index in [1.165, 1.54) is 10.8 Å². The number of aryl methyl sites for hydroxylation is 1. The molecule has 1 aromatic heterocycles. The first-order chi connectivity index (χ1) is 12.0. The van der Waals surface area contributed by atoms with Crippen LogP contribution < -0.4 is 5.73 Å². The second kappa shape index (κ2) is 7.18. The molecule has 3 aromatic rings. The Bertz CT molecular complexity index is 947. The number of pyridine rings is 1. The lowest BCUT2D eigenvalue weighted by Gasteiger charge is -2.15. The van der Waals surface area contributed by atoms with Gasteiger partial charge in [-0.3, -0.25) is 4.79 Å². The number of fused-ring (bicyclic) bond motifs is 1. The van der Waals surface area contributed by atoms with E-state index in [-0.39, 0.29) is 5.91 Å². The molecule has 0 aliphatic rings. The van der Waals surface area contributed by atoms with E-state index in [1.54, 1.807) is 30.3 Å². The van der Waals surface area contributed by atoms with Gasteiger partial charge in [-0.1, -0.05) is 36.4 Å². The van der Waals surface area contributed by atoms with Crippen molar-refractivity contribution in [3.05, 3.63) is 77.5 Å². The number of nitrogen functional groups attached to an aromatic ring is 1. The van der Waals surface area contributed by atoms with Crippen molar-refractivity contribution in [2.45, 2.75) is 13.5 Å². The third-order valence-electron chi connectivity index (χ3n) is 4.17. The number of amides is 1. The zero-order valence-electron chi connectivity index (χ0n) is 14.4. The number of benzene rings is 2. The Morgan fingerprint density at radius 3 is 2.68 bits per heavy atom. The molecule has 3 rings (SSSR count). The summed E-state index contributed by atoms with van der Waals surface area (Å²) in [5, 5.41) is 2.38. The van der Waals surface area contributed by atoms with Gasteiger partial charge < -0.3 is 10.6 Å². The van der Waals surface area contributed by atoms with Crippen LogP contribution in [0.15, 0.2) is 60.8 Å². The molecule has 0 fully saturated rings. The molecular formula is C21H21N3O. The first kappa shape index (κ1) is 16.7. The fourth-order valence-electron chi connectivity index (χ4n) is 2.68. The molecule has 0 bridgehead atoms. The Hall–Kier alpha value is -3.14. The number of carbonyl (C=O) groups excluding carboxylic acids is 1. The average molecular weight is 331 g/mol. The van der Waals surface area contributed by atoms with Gasteiger partial charge in [-0.2, -0.15) is 0 Å². The van der Waals surface area contributed by atoms with Crippen LogP contribution in [-0.4, -0.2) is 22.8 Å². The predicted molar refractivity (Wildman–Crippen MR) is 103 cm³/mol. The van der Waals surface area contributed by atoms with E-state index < -0.39 is 0 Å². The molecule has 1 amide bonds. The van der Waals surface area contributed by atoms with Crippen LogP contribution in [0.25, 0.3) is 16.8 Å². The Labute approximate surface area is 147 Å². The van der Waals surface area contributed by atoms with E-state index in [0.717, 1.165) is 16.7 Å². The van der Waals surface area contributed by atoms with Crippen LogP contribution >= 0.6 is 0 Å². The number of nitrogens with zero attached hydrogens (tertiary/aromatic N) is 2. The first-order valence-electron chi connectivity index (χ1n) is 8.16. The van der Waals surface area contributed by atoms with Crippen molar-refractivity contribution in [3.63, 3.8) is 0 Å². The minimum absolute atomic E-state index is 0.0531. The molecule has 0 aliphatic heterocycles. The Balaban J connectivity index is 1.68. The summed E-state index contributed by atoms with van der Waals surface area (Å²) in [6.07, 6.45) is 4.99. The molecule has 2 aromatic carbocycles. The van der Waals surface area contributed by atoms with E-state index in [4.69, 9.17) is 5.73 Å². The summed E-state index contributed by atoms with van der Waals surface area (Å²) in [6.45, 7) is 2.46. The number of nitrogens with two attached hydrogens (primary N) is 1.